The van der Waals surface area contributed by atoms with Gasteiger partial charge in [-0.3, -0.25) is 0 Å². The third-order valence-corrected chi connectivity index (χ3v) is 17.9. The van der Waals surface area contributed by atoms with Gasteiger partial charge in [-0.1, -0.05) is 0 Å². The molecule has 1 aromatic heterocycles. The van der Waals surface area contributed by atoms with Crippen LogP contribution < -0.4 is 4.35 Å². The van der Waals surface area contributed by atoms with Gasteiger partial charge in [0.1, 0.15) is 0 Å². The Balaban J connectivity index is 2.78. The Morgan fingerprint density at radius 2 is 2.00 bits per heavy atom. The second kappa shape index (κ2) is 12.1. The van der Waals surface area contributed by atoms with E-state index in [4.69, 9.17) is 14.3 Å². The van der Waals surface area contributed by atoms with Gasteiger partial charge in [0.15, 0.2) is 0 Å². The molecule has 0 aromatic carbocycles. The van der Waals surface area contributed by atoms with Crippen LogP contribution in [-0.4, -0.2) is 58.7 Å². The summed E-state index contributed by atoms with van der Waals surface area (Å²) >= 11 is -0.619. The molecule has 0 aliphatic rings. The van der Waals surface area contributed by atoms with E-state index in [0.29, 0.717) is 17.2 Å². The fourth-order valence-electron chi connectivity index (χ4n) is 1.59. The molecule has 0 bridgehead atoms. The van der Waals surface area contributed by atoms with Gasteiger partial charge in [-0.2, -0.15) is 0 Å². The van der Waals surface area contributed by atoms with Crippen molar-refractivity contribution in [1.29, 1.82) is 0 Å². The van der Waals surface area contributed by atoms with E-state index in [1.54, 1.807) is 10.0 Å². The van der Waals surface area contributed by atoms with E-state index >= 15 is 0 Å². The molecule has 1 heterocycles. The maximum atomic E-state index is 11.0. The molecular weight excluding hydrogens is 461 g/mol. The Morgan fingerprint density at radius 1 is 1.29 bits per heavy atom. The van der Waals surface area contributed by atoms with Crippen LogP contribution in [0.3, 0.4) is 0 Å². The first-order chi connectivity index (χ1) is 11.4. The van der Waals surface area contributed by atoms with E-state index < -0.39 is 22.5 Å². The third-order valence-electron chi connectivity index (χ3n) is 2.55. The average Bonchev–Trinajstić information content (AvgIpc) is 2.88. The first kappa shape index (κ1) is 22.6. The van der Waals surface area contributed by atoms with Crippen molar-refractivity contribution in [2.75, 3.05) is 23.0 Å². The molecule has 0 saturated carbocycles. The second-order valence-electron chi connectivity index (χ2n) is 4.46. The summed E-state index contributed by atoms with van der Waals surface area (Å²) in [5, 5.41) is 15.6. The molecule has 1 atom stereocenters. The van der Waals surface area contributed by atoms with E-state index in [1.165, 1.54) is 0 Å². The van der Waals surface area contributed by atoms with Crippen LogP contribution in [0.2, 0.25) is 0 Å². The summed E-state index contributed by atoms with van der Waals surface area (Å²) in [6.07, 6.45) is 1.18. The molecule has 0 radical (unpaired) electrons. The quantitative estimate of drug-likeness (QED) is 0.108. The number of rotatable bonds is 13. The molecule has 13 heteroatoms. The molecule has 0 spiro atoms. The van der Waals surface area contributed by atoms with Crippen LogP contribution in [-0.2, 0) is 25.9 Å². The van der Waals surface area contributed by atoms with Crippen molar-refractivity contribution in [3.05, 3.63) is 11.5 Å². The molecule has 140 valence electrons. The van der Waals surface area contributed by atoms with Gasteiger partial charge in [-0.05, 0) is 0 Å². The zero-order valence-electron chi connectivity index (χ0n) is 13.2. The molecule has 0 saturated heterocycles. The van der Waals surface area contributed by atoms with E-state index in [9.17, 15) is 8.42 Å². The van der Waals surface area contributed by atoms with E-state index in [-0.39, 0.29) is 12.2 Å². The fourth-order valence-corrected chi connectivity index (χ4v) is 17.6. The Hall–Kier alpha value is 0.608. The number of aromatic nitrogens is 1. The summed E-state index contributed by atoms with van der Waals surface area (Å²) in [6, 6.07) is 0. The van der Waals surface area contributed by atoms with Crippen LogP contribution >= 0.6 is 32.1 Å². The molecule has 1 aromatic rings. The topological polar surface area (TPSA) is 119 Å². The number of hydrogen-bond acceptors (Lipinski definition) is 10. The molecule has 0 amide bonds. The number of aryl methyl sites for hydroxylation is 2. The summed E-state index contributed by atoms with van der Waals surface area (Å²) in [6.45, 7) is 3.93. The summed E-state index contributed by atoms with van der Waals surface area (Å²) in [4.78, 5) is 0. The molecule has 24 heavy (non-hydrogen) atoms. The Kier molecular flexibility index (Phi) is 11.4. The van der Waals surface area contributed by atoms with E-state index in [2.05, 4.69) is 21.5 Å². The average molecular weight is 481 g/mol. The molecular formula is C11H20AsNO7S4. The number of nitrogens with zero attached hydrogens (tertiary/aromatic N) is 1. The van der Waals surface area contributed by atoms with Crippen molar-refractivity contribution in [2.24, 2.45) is 0 Å². The molecule has 0 aliphatic carbocycles. The SMILES string of the molecule is CCCS[As](SCCSOOO)c1c(CCS(=O)(=O)O)noc1C. The zero-order chi connectivity index (χ0) is 18.0. The van der Waals surface area contributed by atoms with Gasteiger partial charge in [0, 0.05) is 0 Å². The van der Waals surface area contributed by atoms with Gasteiger partial charge in [0.2, 0.25) is 0 Å². The molecule has 8 nitrogen and oxygen atoms in total. The Labute approximate surface area is 156 Å². The van der Waals surface area contributed by atoms with Crippen molar-refractivity contribution in [3.8, 4) is 0 Å². The number of hydrogen-bond donors (Lipinski definition) is 2. The maximum absolute atomic E-state index is 11.0. The monoisotopic (exact) mass is 481 g/mol. The van der Waals surface area contributed by atoms with Crippen LogP contribution in [0.15, 0.2) is 4.52 Å². The van der Waals surface area contributed by atoms with Crippen molar-refractivity contribution in [1.82, 2.24) is 5.16 Å². The van der Waals surface area contributed by atoms with Crippen LogP contribution in [0.1, 0.15) is 24.8 Å². The zero-order valence-corrected chi connectivity index (χ0v) is 18.3. The molecule has 1 rings (SSSR count). The van der Waals surface area contributed by atoms with Gasteiger partial charge < -0.3 is 0 Å². The van der Waals surface area contributed by atoms with Crippen LogP contribution in [0.4, 0.5) is 0 Å². The standard InChI is InChI=1S/C11H20AsNO7S4/c1-3-5-21-12(22-6-7-23-20-19-14)11-9(2)18-13-10(11)4-8-24(15,16)17/h14H,3-8H2,1-2H3,(H,15,16,17). The summed E-state index contributed by atoms with van der Waals surface area (Å²) in [5.74, 6) is 2.76. The van der Waals surface area contributed by atoms with Gasteiger partial charge in [-0.25, -0.2) is 0 Å². The first-order valence-corrected chi connectivity index (χ1v) is 16.9. The Morgan fingerprint density at radius 3 is 2.62 bits per heavy atom. The predicted molar refractivity (Wildman–Crippen MR) is 99.2 cm³/mol. The first-order valence-electron chi connectivity index (χ1n) is 6.95. The van der Waals surface area contributed by atoms with Crippen molar-refractivity contribution >= 4 is 58.9 Å². The molecule has 1 unspecified atom stereocenters. The van der Waals surface area contributed by atoms with Crippen molar-refractivity contribution < 1.29 is 32.1 Å². The van der Waals surface area contributed by atoms with Crippen LogP contribution in [0, 0.1) is 6.92 Å². The minimum atomic E-state index is -4.04. The van der Waals surface area contributed by atoms with Gasteiger partial charge in [-0.15, -0.1) is 0 Å². The van der Waals surface area contributed by atoms with Gasteiger partial charge >= 0.3 is 157 Å². The molecule has 2 N–H and O–H groups in total. The predicted octanol–water partition coefficient (Wildman–Crippen LogP) is 2.05. The fraction of sp³-hybridized carbons (Fsp3) is 0.727. The molecule has 0 aliphatic heterocycles. The van der Waals surface area contributed by atoms with Crippen molar-refractivity contribution in [2.45, 2.75) is 26.7 Å². The van der Waals surface area contributed by atoms with Gasteiger partial charge in [0.25, 0.3) is 0 Å². The van der Waals surface area contributed by atoms with Crippen LogP contribution in [0.25, 0.3) is 0 Å². The molecule has 0 fully saturated rings. The summed E-state index contributed by atoms with van der Waals surface area (Å²) < 4.78 is 41.6. The second-order valence-corrected chi connectivity index (χ2v) is 18.4. The Bertz CT molecular complexity index is 583. The third kappa shape index (κ3) is 8.81. The minimum absolute atomic E-state index is 0.139. The van der Waals surface area contributed by atoms with Crippen molar-refractivity contribution in [3.63, 3.8) is 0 Å². The van der Waals surface area contributed by atoms with Crippen LogP contribution in [0.5, 0.6) is 0 Å². The van der Waals surface area contributed by atoms with E-state index in [0.717, 1.165) is 34.3 Å². The van der Waals surface area contributed by atoms with Gasteiger partial charge in [0.05, 0.1) is 0 Å². The van der Waals surface area contributed by atoms with E-state index in [1.807, 2.05) is 16.9 Å². The summed E-state index contributed by atoms with van der Waals surface area (Å²) in [7, 11) is -0.375. The normalized spacial score (nSPS) is 13.3. The summed E-state index contributed by atoms with van der Waals surface area (Å²) in [5.41, 5.74) is 0.615.